The Hall–Kier alpha value is -1.48. The predicted molar refractivity (Wildman–Crippen MR) is 89.4 cm³/mol. The molecule has 1 saturated heterocycles. The zero-order valence-corrected chi connectivity index (χ0v) is 15.5. The van der Waals surface area contributed by atoms with Gasteiger partial charge in [0, 0.05) is 18.9 Å². The number of sulfone groups is 1. The minimum atomic E-state index is -4.62. The zero-order chi connectivity index (χ0) is 19.6. The van der Waals surface area contributed by atoms with Gasteiger partial charge < -0.3 is 4.74 Å². The third kappa shape index (κ3) is 4.82. The van der Waals surface area contributed by atoms with Crippen LogP contribution in [0.1, 0.15) is 38.1 Å². The van der Waals surface area contributed by atoms with Gasteiger partial charge in [-0.1, -0.05) is 6.07 Å². The second-order valence-electron chi connectivity index (χ2n) is 6.96. The van der Waals surface area contributed by atoms with Crippen LogP contribution in [0.25, 0.3) is 0 Å². The molecule has 9 heteroatoms. The van der Waals surface area contributed by atoms with Gasteiger partial charge >= 0.3 is 6.18 Å². The highest BCUT2D eigenvalue weighted by atomic mass is 32.2. The van der Waals surface area contributed by atoms with Crippen molar-refractivity contribution in [2.45, 2.75) is 44.0 Å². The molecule has 1 aromatic heterocycles. The van der Waals surface area contributed by atoms with Crippen LogP contribution in [0.5, 0.6) is 0 Å². The molecule has 0 amide bonds. The quantitative estimate of drug-likeness (QED) is 0.743. The highest BCUT2D eigenvalue weighted by Gasteiger charge is 2.42. The molecule has 0 atom stereocenters. The SMILES string of the molecule is CC(C)(C(=O)Cc1cccc(C(F)(F)F)n1)S(=O)(=O)CC1CCOCC1. The summed E-state index contributed by atoms with van der Waals surface area (Å²) in [5, 5.41) is 0. The summed E-state index contributed by atoms with van der Waals surface area (Å²) >= 11 is 0. The van der Waals surface area contributed by atoms with Crippen molar-refractivity contribution in [2.75, 3.05) is 19.0 Å². The van der Waals surface area contributed by atoms with E-state index in [1.807, 2.05) is 0 Å². The molecule has 5 nitrogen and oxygen atoms in total. The minimum Gasteiger partial charge on any atom is -0.381 e. The Morgan fingerprint density at radius 2 is 1.85 bits per heavy atom. The maximum atomic E-state index is 12.7. The average Bonchev–Trinajstić information content (AvgIpc) is 2.54. The van der Waals surface area contributed by atoms with Crippen molar-refractivity contribution >= 4 is 15.6 Å². The molecule has 2 heterocycles. The van der Waals surface area contributed by atoms with E-state index >= 15 is 0 Å². The molecule has 1 aromatic rings. The summed E-state index contributed by atoms with van der Waals surface area (Å²) in [6.07, 6.45) is -3.87. The van der Waals surface area contributed by atoms with Gasteiger partial charge in [0.15, 0.2) is 15.6 Å². The van der Waals surface area contributed by atoms with Crippen LogP contribution in [0.2, 0.25) is 0 Å². The van der Waals surface area contributed by atoms with E-state index < -0.39 is 38.7 Å². The fourth-order valence-electron chi connectivity index (χ4n) is 2.72. The van der Waals surface area contributed by atoms with Gasteiger partial charge in [0.25, 0.3) is 0 Å². The fraction of sp³-hybridized carbons (Fsp3) is 0.647. The van der Waals surface area contributed by atoms with E-state index in [4.69, 9.17) is 4.74 Å². The minimum absolute atomic E-state index is 0.0764. The molecule has 0 spiro atoms. The van der Waals surface area contributed by atoms with Gasteiger partial charge in [0.2, 0.25) is 0 Å². The van der Waals surface area contributed by atoms with Crippen LogP contribution in [0.15, 0.2) is 18.2 Å². The fourth-order valence-corrected chi connectivity index (χ4v) is 4.51. The van der Waals surface area contributed by atoms with Crippen molar-refractivity contribution in [3.05, 3.63) is 29.6 Å². The van der Waals surface area contributed by atoms with Crippen molar-refractivity contribution < 1.29 is 31.1 Å². The summed E-state index contributed by atoms with van der Waals surface area (Å²) in [6.45, 7) is 3.58. The monoisotopic (exact) mass is 393 g/mol. The van der Waals surface area contributed by atoms with Gasteiger partial charge in [-0.25, -0.2) is 13.4 Å². The lowest BCUT2D eigenvalue weighted by atomic mass is 10.0. The summed E-state index contributed by atoms with van der Waals surface area (Å²) in [5.41, 5.74) is -1.20. The molecule has 0 aliphatic carbocycles. The molecule has 0 bridgehead atoms. The molecule has 2 rings (SSSR count). The number of hydrogen-bond donors (Lipinski definition) is 0. The molecule has 146 valence electrons. The van der Waals surface area contributed by atoms with Crippen LogP contribution < -0.4 is 0 Å². The van der Waals surface area contributed by atoms with Gasteiger partial charge in [0.1, 0.15) is 10.4 Å². The maximum Gasteiger partial charge on any atom is 0.433 e. The topological polar surface area (TPSA) is 73.3 Å². The van der Waals surface area contributed by atoms with Crippen molar-refractivity contribution in [3.63, 3.8) is 0 Å². The number of nitrogens with zero attached hydrogens (tertiary/aromatic N) is 1. The Balaban J connectivity index is 2.14. The lowest BCUT2D eigenvalue weighted by molar-refractivity contribution is -0.141. The largest absolute Gasteiger partial charge is 0.433 e. The summed E-state index contributed by atoms with van der Waals surface area (Å²) in [4.78, 5) is 16.0. The van der Waals surface area contributed by atoms with Crippen LogP contribution >= 0.6 is 0 Å². The van der Waals surface area contributed by atoms with Crippen molar-refractivity contribution in [3.8, 4) is 0 Å². The van der Waals surface area contributed by atoms with Gasteiger partial charge in [-0.2, -0.15) is 13.2 Å². The molecular weight excluding hydrogens is 371 g/mol. The normalized spacial score (nSPS) is 17.3. The summed E-state index contributed by atoms with van der Waals surface area (Å²) in [7, 11) is -3.77. The number of aromatic nitrogens is 1. The first-order valence-corrected chi connectivity index (χ1v) is 9.95. The number of halogens is 3. The van der Waals surface area contributed by atoms with Gasteiger partial charge in [-0.15, -0.1) is 0 Å². The predicted octanol–water partition coefficient (Wildman–Crippen LogP) is 2.83. The average molecular weight is 393 g/mol. The van der Waals surface area contributed by atoms with E-state index in [-0.39, 0.29) is 17.4 Å². The van der Waals surface area contributed by atoms with Crippen LogP contribution in [0, 0.1) is 5.92 Å². The smallest absolute Gasteiger partial charge is 0.381 e. The van der Waals surface area contributed by atoms with Crippen molar-refractivity contribution in [2.24, 2.45) is 5.92 Å². The standard InChI is InChI=1S/C17H22F3NO4S/c1-16(2,26(23,24)11-12-6-8-25-9-7-12)15(22)10-13-4-3-5-14(21-13)17(18,19)20/h3-5,12H,6-11H2,1-2H3. The second-order valence-corrected chi connectivity index (χ2v) is 9.54. The van der Waals surface area contributed by atoms with E-state index in [0.29, 0.717) is 26.1 Å². The molecule has 0 aromatic carbocycles. The molecule has 1 fully saturated rings. The lowest BCUT2D eigenvalue weighted by Crippen LogP contribution is -2.45. The van der Waals surface area contributed by atoms with E-state index in [1.54, 1.807) is 0 Å². The number of carbonyl (C=O) groups is 1. The summed E-state index contributed by atoms with van der Waals surface area (Å²) < 4.78 is 67.1. The molecular formula is C17H22F3NO4S. The summed E-state index contributed by atoms with van der Waals surface area (Å²) in [6, 6.07) is 3.25. The molecule has 0 N–H and O–H groups in total. The molecule has 1 aliphatic rings. The Labute approximate surface area is 150 Å². The third-order valence-electron chi connectivity index (χ3n) is 4.68. The van der Waals surface area contributed by atoms with Gasteiger partial charge in [0.05, 0.1) is 12.2 Å². The number of ether oxygens (including phenoxy) is 1. The molecule has 1 aliphatic heterocycles. The number of pyridine rings is 1. The first-order chi connectivity index (χ1) is 11.9. The van der Waals surface area contributed by atoms with Gasteiger partial charge in [-0.3, -0.25) is 4.79 Å². The molecule has 0 unspecified atom stereocenters. The first kappa shape index (κ1) is 20.8. The number of carbonyl (C=O) groups excluding carboxylic acids is 1. The number of ketones is 1. The van der Waals surface area contributed by atoms with Crippen molar-refractivity contribution in [1.29, 1.82) is 0 Å². The van der Waals surface area contributed by atoms with Crippen molar-refractivity contribution in [1.82, 2.24) is 4.98 Å². The molecule has 0 saturated carbocycles. The second kappa shape index (κ2) is 7.64. The van der Waals surface area contributed by atoms with E-state index in [1.165, 1.54) is 19.9 Å². The highest BCUT2D eigenvalue weighted by Crippen LogP contribution is 2.29. The Kier molecular flexibility index (Phi) is 6.12. The van der Waals surface area contributed by atoms with Crippen LogP contribution in [-0.4, -0.2) is 42.9 Å². The summed E-state index contributed by atoms with van der Waals surface area (Å²) in [5.74, 6) is -0.880. The Morgan fingerprint density at radius 3 is 2.42 bits per heavy atom. The maximum absolute atomic E-state index is 12.7. The molecule has 26 heavy (non-hydrogen) atoms. The first-order valence-electron chi connectivity index (χ1n) is 8.30. The Morgan fingerprint density at radius 1 is 1.23 bits per heavy atom. The number of Topliss-reactive ketones (excluding diaryl/α,β-unsaturated/α-hetero) is 1. The number of alkyl halides is 3. The third-order valence-corrected chi connectivity index (χ3v) is 7.38. The van der Waals surface area contributed by atoms with E-state index in [0.717, 1.165) is 12.1 Å². The lowest BCUT2D eigenvalue weighted by Gasteiger charge is -2.28. The number of rotatable bonds is 6. The van der Waals surface area contributed by atoms with Gasteiger partial charge in [-0.05, 0) is 44.7 Å². The molecule has 0 radical (unpaired) electrons. The van der Waals surface area contributed by atoms with E-state index in [2.05, 4.69) is 4.98 Å². The van der Waals surface area contributed by atoms with Crippen LogP contribution in [-0.2, 0) is 32.0 Å². The highest BCUT2D eigenvalue weighted by molar-refractivity contribution is 7.93. The van der Waals surface area contributed by atoms with E-state index in [9.17, 15) is 26.4 Å². The zero-order valence-electron chi connectivity index (χ0n) is 14.7. The Bertz CT molecular complexity index is 754. The number of hydrogen-bond acceptors (Lipinski definition) is 5. The van der Waals surface area contributed by atoms with Crippen LogP contribution in [0.3, 0.4) is 0 Å². The van der Waals surface area contributed by atoms with Crippen LogP contribution in [0.4, 0.5) is 13.2 Å².